The largest absolute Gasteiger partial charge is 0.434 e. The number of aryl methyl sites for hydroxylation is 1. The number of carbonyl (C=O) groups is 1. The molecule has 8 nitrogen and oxygen atoms in total. The second-order valence-corrected chi connectivity index (χ2v) is 7.36. The summed E-state index contributed by atoms with van der Waals surface area (Å²) in [6, 6.07) is 5.32. The Hall–Kier alpha value is -3.50. The number of anilines is 1. The van der Waals surface area contributed by atoms with Crippen LogP contribution in [0.15, 0.2) is 43.0 Å². The van der Waals surface area contributed by atoms with Crippen molar-refractivity contribution < 1.29 is 18.0 Å². The van der Waals surface area contributed by atoms with Crippen molar-refractivity contribution in [3.63, 3.8) is 0 Å². The van der Waals surface area contributed by atoms with E-state index in [2.05, 4.69) is 25.5 Å². The lowest BCUT2D eigenvalue weighted by Crippen LogP contribution is -2.45. The van der Waals surface area contributed by atoms with E-state index in [-0.39, 0.29) is 17.8 Å². The van der Waals surface area contributed by atoms with Gasteiger partial charge in [-0.25, -0.2) is 9.97 Å². The molecule has 0 radical (unpaired) electrons. The Labute approximate surface area is 176 Å². The number of amides is 1. The molecule has 0 spiro atoms. The third-order valence-electron chi connectivity index (χ3n) is 5.02. The van der Waals surface area contributed by atoms with Crippen molar-refractivity contribution in [2.24, 2.45) is 0 Å². The molecule has 3 heterocycles. The lowest BCUT2D eigenvalue weighted by Gasteiger charge is -2.33. The molecule has 11 heteroatoms. The minimum absolute atomic E-state index is 0.152. The van der Waals surface area contributed by atoms with Crippen LogP contribution in [-0.4, -0.2) is 54.9 Å². The van der Waals surface area contributed by atoms with Gasteiger partial charge in [0, 0.05) is 19.1 Å². The van der Waals surface area contributed by atoms with Crippen molar-refractivity contribution in [2.75, 3.05) is 18.4 Å². The molecule has 0 aliphatic carbocycles. The van der Waals surface area contributed by atoms with E-state index in [4.69, 9.17) is 0 Å². The van der Waals surface area contributed by atoms with Gasteiger partial charge in [0.1, 0.15) is 5.82 Å². The summed E-state index contributed by atoms with van der Waals surface area (Å²) in [5, 5.41) is 11.4. The molecule has 1 aromatic carbocycles. The Bertz CT molecular complexity index is 1050. The number of hydrogen-bond donors (Lipinski definition) is 1. The Morgan fingerprint density at radius 1 is 1.16 bits per heavy atom. The fraction of sp³-hybridized carbons (Fsp3) is 0.350. The predicted octanol–water partition coefficient (Wildman–Crippen LogP) is 3.10. The van der Waals surface area contributed by atoms with Gasteiger partial charge in [-0.3, -0.25) is 4.79 Å². The summed E-state index contributed by atoms with van der Waals surface area (Å²) in [7, 11) is 0. The van der Waals surface area contributed by atoms with Crippen LogP contribution in [0.25, 0.3) is 5.69 Å². The minimum atomic E-state index is -4.53. The van der Waals surface area contributed by atoms with Crippen molar-refractivity contribution in [2.45, 2.75) is 32.0 Å². The highest BCUT2D eigenvalue weighted by Crippen LogP contribution is 2.27. The molecule has 1 unspecified atom stereocenters. The van der Waals surface area contributed by atoms with E-state index in [1.165, 1.54) is 4.80 Å². The lowest BCUT2D eigenvalue weighted by molar-refractivity contribution is -0.141. The Kier molecular flexibility index (Phi) is 5.57. The van der Waals surface area contributed by atoms with E-state index in [1.54, 1.807) is 23.4 Å². The molecular formula is C20H20F3N7O. The van der Waals surface area contributed by atoms with E-state index in [1.807, 2.05) is 19.1 Å². The topological polar surface area (TPSA) is 88.8 Å². The number of likely N-dealkylation sites (tertiary alicyclic amines) is 1. The number of rotatable bonds is 4. The lowest BCUT2D eigenvalue weighted by atomic mass is 10.0. The molecule has 1 aliphatic rings. The van der Waals surface area contributed by atoms with Crippen molar-refractivity contribution in [3.05, 3.63) is 59.8 Å². The van der Waals surface area contributed by atoms with Crippen LogP contribution in [0.4, 0.5) is 19.0 Å². The zero-order chi connectivity index (χ0) is 22.0. The van der Waals surface area contributed by atoms with E-state index < -0.39 is 11.9 Å². The van der Waals surface area contributed by atoms with Crippen LogP contribution < -0.4 is 5.32 Å². The summed E-state index contributed by atoms with van der Waals surface area (Å²) in [6.07, 6.45) is 1.82. The van der Waals surface area contributed by atoms with Gasteiger partial charge >= 0.3 is 6.18 Å². The first-order valence-electron chi connectivity index (χ1n) is 9.73. The molecule has 3 aromatic rings. The van der Waals surface area contributed by atoms with E-state index in [0.29, 0.717) is 30.5 Å². The standard InChI is InChI=1S/C20H20F3N7O/c1-13-4-5-15(16(9-13)30-26-6-7-27-30)19(31)29-8-2-3-14(12-29)28-18-11-24-17(10-25-18)20(21,22)23/h4-7,9-11,14H,2-3,8,12H2,1H3,(H,25,28). The molecule has 0 bridgehead atoms. The number of carbonyl (C=O) groups excluding carboxylic acids is 1. The molecule has 162 valence electrons. The zero-order valence-electron chi connectivity index (χ0n) is 16.7. The maximum atomic E-state index is 13.3. The van der Waals surface area contributed by atoms with Gasteiger partial charge in [-0.15, -0.1) is 0 Å². The van der Waals surface area contributed by atoms with Crippen LogP contribution in [0.2, 0.25) is 0 Å². The molecule has 2 aromatic heterocycles. The van der Waals surface area contributed by atoms with Gasteiger partial charge in [0.2, 0.25) is 0 Å². The van der Waals surface area contributed by atoms with Gasteiger partial charge in [0.15, 0.2) is 5.69 Å². The summed E-state index contributed by atoms with van der Waals surface area (Å²) < 4.78 is 38.0. The van der Waals surface area contributed by atoms with Crippen LogP contribution in [0, 0.1) is 6.92 Å². The van der Waals surface area contributed by atoms with Gasteiger partial charge in [-0.1, -0.05) is 6.07 Å². The van der Waals surface area contributed by atoms with Crippen molar-refractivity contribution in [1.82, 2.24) is 29.9 Å². The fourth-order valence-electron chi connectivity index (χ4n) is 3.54. The highest BCUT2D eigenvalue weighted by molar-refractivity contribution is 5.98. The molecule has 1 fully saturated rings. The monoisotopic (exact) mass is 431 g/mol. The van der Waals surface area contributed by atoms with Crippen LogP contribution in [0.3, 0.4) is 0 Å². The van der Waals surface area contributed by atoms with Gasteiger partial charge < -0.3 is 10.2 Å². The SMILES string of the molecule is Cc1ccc(C(=O)N2CCCC(Nc3cnc(C(F)(F)F)cn3)C2)c(-n2nccn2)c1. The van der Waals surface area contributed by atoms with Crippen molar-refractivity contribution >= 4 is 11.7 Å². The number of aromatic nitrogens is 5. The van der Waals surface area contributed by atoms with Gasteiger partial charge in [0.05, 0.1) is 36.0 Å². The molecule has 0 saturated carbocycles. The molecule has 1 N–H and O–H groups in total. The molecule has 1 aliphatic heterocycles. The number of hydrogen-bond acceptors (Lipinski definition) is 6. The Morgan fingerprint density at radius 2 is 1.94 bits per heavy atom. The summed E-state index contributed by atoms with van der Waals surface area (Å²) >= 11 is 0. The molecule has 1 amide bonds. The molecule has 1 atom stereocenters. The predicted molar refractivity (Wildman–Crippen MR) is 106 cm³/mol. The van der Waals surface area contributed by atoms with Crippen molar-refractivity contribution in [3.8, 4) is 5.69 Å². The van der Waals surface area contributed by atoms with E-state index in [0.717, 1.165) is 24.6 Å². The van der Waals surface area contributed by atoms with Crippen LogP contribution in [0.5, 0.6) is 0 Å². The fourth-order valence-corrected chi connectivity index (χ4v) is 3.54. The summed E-state index contributed by atoms with van der Waals surface area (Å²) in [4.78, 5) is 23.6. The number of halogens is 3. The average Bonchev–Trinajstić information content (AvgIpc) is 3.28. The smallest absolute Gasteiger partial charge is 0.364 e. The number of nitrogens with one attached hydrogen (secondary N) is 1. The molecule has 31 heavy (non-hydrogen) atoms. The highest BCUT2D eigenvalue weighted by Gasteiger charge is 2.33. The average molecular weight is 431 g/mol. The van der Waals surface area contributed by atoms with Crippen LogP contribution in [0.1, 0.15) is 34.5 Å². The normalized spacial score (nSPS) is 16.9. The zero-order valence-corrected chi connectivity index (χ0v) is 16.7. The molecule has 1 saturated heterocycles. The van der Waals surface area contributed by atoms with E-state index >= 15 is 0 Å². The quantitative estimate of drug-likeness (QED) is 0.683. The van der Waals surface area contributed by atoms with Gasteiger partial charge in [-0.05, 0) is 37.5 Å². The number of benzene rings is 1. The maximum absolute atomic E-state index is 13.3. The third kappa shape index (κ3) is 4.65. The van der Waals surface area contributed by atoms with Gasteiger partial charge in [0.25, 0.3) is 5.91 Å². The molecular weight excluding hydrogens is 411 g/mol. The van der Waals surface area contributed by atoms with Crippen molar-refractivity contribution in [1.29, 1.82) is 0 Å². The number of nitrogens with zero attached hydrogens (tertiary/aromatic N) is 6. The Morgan fingerprint density at radius 3 is 2.61 bits per heavy atom. The number of alkyl halides is 3. The minimum Gasteiger partial charge on any atom is -0.364 e. The first-order chi connectivity index (χ1) is 14.8. The maximum Gasteiger partial charge on any atom is 0.434 e. The van der Waals surface area contributed by atoms with Crippen LogP contribution in [-0.2, 0) is 6.18 Å². The van der Waals surface area contributed by atoms with E-state index in [9.17, 15) is 18.0 Å². The second-order valence-electron chi connectivity index (χ2n) is 7.36. The first kappa shape index (κ1) is 20.8. The second kappa shape index (κ2) is 8.32. The molecule has 4 rings (SSSR count). The third-order valence-corrected chi connectivity index (χ3v) is 5.02. The Balaban J connectivity index is 1.49. The highest BCUT2D eigenvalue weighted by atomic mass is 19.4. The number of piperidine rings is 1. The first-order valence-corrected chi connectivity index (χ1v) is 9.73. The van der Waals surface area contributed by atoms with Crippen LogP contribution >= 0.6 is 0 Å². The van der Waals surface area contributed by atoms with Gasteiger partial charge in [-0.2, -0.15) is 28.2 Å². The summed E-state index contributed by atoms with van der Waals surface area (Å²) in [6.45, 7) is 2.89. The summed E-state index contributed by atoms with van der Waals surface area (Å²) in [5.74, 6) is 0.0846. The summed E-state index contributed by atoms with van der Waals surface area (Å²) in [5.41, 5.74) is 1.01.